The number of rotatable bonds is 7. The van der Waals surface area contributed by atoms with Crippen LogP contribution >= 0.6 is 11.3 Å². The van der Waals surface area contributed by atoms with Crippen molar-refractivity contribution in [2.24, 2.45) is 0 Å². The Labute approximate surface area is 172 Å². The van der Waals surface area contributed by atoms with E-state index in [0.717, 1.165) is 21.9 Å². The fourth-order valence-corrected chi connectivity index (χ4v) is 3.79. The van der Waals surface area contributed by atoms with Gasteiger partial charge in [-0.25, -0.2) is 4.68 Å². The lowest BCUT2D eigenvalue weighted by Gasteiger charge is -2.23. The summed E-state index contributed by atoms with van der Waals surface area (Å²) in [5, 5.41) is 13.2. The highest BCUT2D eigenvalue weighted by molar-refractivity contribution is 7.09. The van der Waals surface area contributed by atoms with Crippen molar-refractivity contribution in [3.63, 3.8) is 0 Å². The van der Waals surface area contributed by atoms with E-state index in [4.69, 9.17) is 4.74 Å². The highest BCUT2D eigenvalue weighted by Crippen LogP contribution is 2.23. The second-order valence-corrected chi connectivity index (χ2v) is 7.39. The number of amides is 1. The molecule has 0 bridgehead atoms. The molecular formula is C21H19N5O2S. The number of ether oxygens (including phenoxy) is 1. The summed E-state index contributed by atoms with van der Waals surface area (Å²) in [7, 11) is 1.64. The molecule has 7 nitrogen and oxygen atoms in total. The average Bonchev–Trinajstić information content (AvgIpc) is 3.47. The van der Waals surface area contributed by atoms with Crippen molar-refractivity contribution in [3.8, 4) is 11.4 Å². The van der Waals surface area contributed by atoms with E-state index in [1.54, 1.807) is 30.6 Å². The monoisotopic (exact) mass is 405 g/mol. The number of thiophene rings is 1. The van der Waals surface area contributed by atoms with Gasteiger partial charge in [-0.3, -0.25) is 4.79 Å². The maximum absolute atomic E-state index is 13.4. The Morgan fingerprint density at radius 1 is 1.10 bits per heavy atom. The Morgan fingerprint density at radius 2 is 2.00 bits per heavy atom. The fourth-order valence-electron chi connectivity index (χ4n) is 3.07. The third-order valence-electron chi connectivity index (χ3n) is 4.47. The Morgan fingerprint density at radius 3 is 2.76 bits per heavy atom. The molecule has 4 aromatic rings. The molecule has 2 heterocycles. The van der Waals surface area contributed by atoms with Crippen molar-refractivity contribution in [3.05, 3.63) is 88.4 Å². The van der Waals surface area contributed by atoms with Gasteiger partial charge in [-0.2, -0.15) is 0 Å². The number of aromatic nitrogens is 4. The Balaban J connectivity index is 1.65. The molecule has 0 N–H and O–H groups in total. The summed E-state index contributed by atoms with van der Waals surface area (Å²) < 4.78 is 7.00. The van der Waals surface area contributed by atoms with Crippen LogP contribution in [0.4, 0.5) is 0 Å². The first-order chi connectivity index (χ1) is 14.2. The van der Waals surface area contributed by atoms with E-state index in [1.165, 1.54) is 11.0 Å². The van der Waals surface area contributed by atoms with Gasteiger partial charge in [-0.05, 0) is 46.1 Å². The molecule has 1 amide bonds. The molecule has 8 heteroatoms. The maximum atomic E-state index is 13.4. The molecule has 0 saturated carbocycles. The number of carbonyl (C=O) groups excluding carboxylic acids is 1. The molecule has 0 saturated heterocycles. The Kier molecular flexibility index (Phi) is 5.62. The first-order valence-electron chi connectivity index (χ1n) is 9.01. The zero-order valence-corrected chi connectivity index (χ0v) is 16.6. The molecule has 29 heavy (non-hydrogen) atoms. The van der Waals surface area contributed by atoms with Crippen LogP contribution < -0.4 is 4.74 Å². The van der Waals surface area contributed by atoms with Crippen LogP contribution in [0.5, 0.6) is 5.75 Å². The highest BCUT2D eigenvalue weighted by atomic mass is 32.1. The van der Waals surface area contributed by atoms with E-state index in [2.05, 4.69) is 15.5 Å². The summed E-state index contributed by atoms with van der Waals surface area (Å²) in [5.41, 5.74) is 2.26. The van der Waals surface area contributed by atoms with Gasteiger partial charge < -0.3 is 9.64 Å². The van der Waals surface area contributed by atoms with E-state index in [1.807, 2.05) is 58.8 Å². The summed E-state index contributed by atoms with van der Waals surface area (Å²) in [6, 6.07) is 19.1. The van der Waals surface area contributed by atoms with Crippen LogP contribution in [-0.2, 0) is 13.1 Å². The number of benzene rings is 2. The standard InChI is InChI=1S/C21H19N5O2S/c1-28-20-10-3-2-6-17(20)13-25(14-19-9-5-11-29-19)21(27)16-7-4-8-18(12-16)26-15-22-23-24-26/h2-12,15H,13-14H2,1H3. The minimum atomic E-state index is -0.0702. The first-order valence-corrected chi connectivity index (χ1v) is 9.89. The van der Waals surface area contributed by atoms with Gasteiger partial charge in [0.25, 0.3) is 5.91 Å². The molecule has 2 aromatic heterocycles. The van der Waals surface area contributed by atoms with Crippen LogP contribution in [-0.4, -0.2) is 38.1 Å². The minimum Gasteiger partial charge on any atom is -0.496 e. The summed E-state index contributed by atoms with van der Waals surface area (Å²) in [5.74, 6) is 0.693. The summed E-state index contributed by atoms with van der Waals surface area (Å²) in [6.07, 6.45) is 1.50. The number of hydrogen-bond acceptors (Lipinski definition) is 6. The molecule has 4 rings (SSSR count). The average molecular weight is 405 g/mol. The van der Waals surface area contributed by atoms with Gasteiger partial charge in [-0.1, -0.05) is 30.3 Å². The molecule has 0 atom stereocenters. The second kappa shape index (κ2) is 8.66. The first kappa shape index (κ1) is 18.8. The molecular weight excluding hydrogens is 386 g/mol. The molecule has 0 aliphatic heterocycles. The number of nitrogens with zero attached hydrogens (tertiary/aromatic N) is 5. The van der Waals surface area contributed by atoms with Gasteiger partial charge in [0.1, 0.15) is 12.1 Å². The van der Waals surface area contributed by atoms with Crippen molar-refractivity contribution >= 4 is 17.2 Å². The van der Waals surface area contributed by atoms with E-state index in [9.17, 15) is 4.79 Å². The normalized spacial score (nSPS) is 10.7. The molecule has 2 aromatic carbocycles. The Bertz CT molecular complexity index is 1080. The fraction of sp³-hybridized carbons (Fsp3) is 0.143. The molecule has 0 spiro atoms. The maximum Gasteiger partial charge on any atom is 0.254 e. The van der Waals surface area contributed by atoms with E-state index < -0.39 is 0 Å². The molecule has 0 aliphatic rings. The SMILES string of the molecule is COc1ccccc1CN(Cc1cccs1)C(=O)c1cccc(-n2cnnn2)c1. The third kappa shape index (κ3) is 4.33. The summed E-state index contributed by atoms with van der Waals surface area (Å²) in [4.78, 5) is 16.4. The molecule has 146 valence electrons. The second-order valence-electron chi connectivity index (χ2n) is 6.36. The van der Waals surface area contributed by atoms with Crippen LogP contribution in [0.1, 0.15) is 20.8 Å². The van der Waals surface area contributed by atoms with Crippen molar-refractivity contribution in [2.75, 3.05) is 7.11 Å². The number of methoxy groups -OCH3 is 1. The van der Waals surface area contributed by atoms with Gasteiger partial charge >= 0.3 is 0 Å². The van der Waals surface area contributed by atoms with Crippen molar-refractivity contribution in [1.29, 1.82) is 0 Å². The van der Waals surface area contributed by atoms with E-state index >= 15 is 0 Å². The summed E-state index contributed by atoms with van der Waals surface area (Å²) >= 11 is 1.63. The number of tetrazole rings is 1. The van der Waals surface area contributed by atoms with Gasteiger partial charge in [0, 0.05) is 16.0 Å². The van der Waals surface area contributed by atoms with Crippen LogP contribution in [0.2, 0.25) is 0 Å². The molecule has 0 radical (unpaired) electrons. The lowest BCUT2D eigenvalue weighted by molar-refractivity contribution is 0.0730. The number of carbonyl (C=O) groups is 1. The van der Waals surface area contributed by atoms with Gasteiger partial charge in [0.15, 0.2) is 0 Å². The predicted octanol–water partition coefficient (Wildman–Crippen LogP) is 3.58. The minimum absolute atomic E-state index is 0.0702. The Hall–Kier alpha value is -3.52. The smallest absolute Gasteiger partial charge is 0.254 e. The predicted molar refractivity (Wildman–Crippen MR) is 110 cm³/mol. The van der Waals surface area contributed by atoms with Crippen molar-refractivity contribution in [2.45, 2.75) is 13.1 Å². The summed E-state index contributed by atoms with van der Waals surface area (Å²) in [6.45, 7) is 0.958. The van der Waals surface area contributed by atoms with Crippen LogP contribution in [0.25, 0.3) is 5.69 Å². The topological polar surface area (TPSA) is 73.1 Å². The van der Waals surface area contributed by atoms with Crippen LogP contribution in [0, 0.1) is 0 Å². The van der Waals surface area contributed by atoms with Crippen molar-refractivity contribution in [1.82, 2.24) is 25.1 Å². The number of hydrogen-bond donors (Lipinski definition) is 0. The molecule has 0 fully saturated rings. The molecule has 0 unspecified atom stereocenters. The third-order valence-corrected chi connectivity index (χ3v) is 5.34. The van der Waals surface area contributed by atoms with Crippen molar-refractivity contribution < 1.29 is 9.53 Å². The largest absolute Gasteiger partial charge is 0.496 e. The molecule has 0 aliphatic carbocycles. The van der Waals surface area contributed by atoms with E-state index in [-0.39, 0.29) is 5.91 Å². The highest BCUT2D eigenvalue weighted by Gasteiger charge is 2.19. The zero-order chi connectivity index (χ0) is 20.1. The zero-order valence-electron chi connectivity index (χ0n) is 15.8. The van der Waals surface area contributed by atoms with Crippen LogP contribution in [0.15, 0.2) is 72.4 Å². The van der Waals surface area contributed by atoms with Gasteiger partial charge in [0.05, 0.1) is 25.9 Å². The lowest BCUT2D eigenvalue weighted by Crippen LogP contribution is -2.30. The van der Waals surface area contributed by atoms with Gasteiger partial charge in [0.2, 0.25) is 0 Å². The van der Waals surface area contributed by atoms with E-state index in [0.29, 0.717) is 18.7 Å². The number of para-hydroxylation sites is 1. The van der Waals surface area contributed by atoms with Crippen LogP contribution in [0.3, 0.4) is 0 Å². The quantitative estimate of drug-likeness (QED) is 0.470. The lowest BCUT2D eigenvalue weighted by atomic mass is 10.1. The van der Waals surface area contributed by atoms with Gasteiger partial charge in [-0.15, -0.1) is 16.4 Å².